The summed E-state index contributed by atoms with van der Waals surface area (Å²) in [4.78, 5) is 15.7. The maximum atomic E-state index is 13.8. The van der Waals surface area contributed by atoms with Crippen LogP contribution in [-0.4, -0.2) is 29.4 Å². The standard InChI is InChI=1S/C26H37F3N2O/c1-17(2)25(12-10-22(15-25)30-23-7-5-4-6-18(23)3)24(32)31-13-11-19-8-9-21(26(27,28)29)14-20(19)16-31/h8-9,14,17-18,22-23,30H,4-7,10-13,15-16H2,1-3H3/t18?,22-,23?,25+/m1/s1. The lowest BCUT2D eigenvalue weighted by Crippen LogP contribution is -2.49. The SMILES string of the molecule is CC1CCCCC1N[C@@H]1CC[C@@](C(=O)N2CCc3ccc(C(F)(F)F)cc3C2)(C(C)C)C1. The van der Waals surface area contributed by atoms with E-state index in [2.05, 4.69) is 26.1 Å². The molecule has 0 aromatic heterocycles. The molecule has 3 nitrogen and oxygen atoms in total. The fraction of sp³-hybridized carbons (Fsp3) is 0.731. The quantitative estimate of drug-likeness (QED) is 0.614. The molecule has 0 saturated heterocycles. The van der Waals surface area contributed by atoms with Crippen molar-refractivity contribution in [1.29, 1.82) is 0 Å². The molecule has 1 aliphatic heterocycles. The third kappa shape index (κ3) is 4.57. The Balaban J connectivity index is 1.48. The highest BCUT2D eigenvalue weighted by Crippen LogP contribution is 2.47. The van der Waals surface area contributed by atoms with Gasteiger partial charge >= 0.3 is 6.18 Å². The van der Waals surface area contributed by atoms with E-state index in [-0.39, 0.29) is 18.4 Å². The van der Waals surface area contributed by atoms with E-state index in [1.165, 1.54) is 31.7 Å². The Labute approximate surface area is 190 Å². The summed E-state index contributed by atoms with van der Waals surface area (Å²) < 4.78 is 39.6. The summed E-state index contributed by atoms with van der Waals surface area (Å²) >= 11 is 0. The van der Waals surface area contributed by atoms with Crippen LogP contribution in [-0.2, 0) is 23.9 Å². The minimum Gasteiger partial charge on any atom is -0.338 e. The van der Waals surface area contributed by atoms with Crippen molar-refractivity contribution in [3.05, 3.63) is 34.9 Å². The number of amides is 1. The molecule has 1 N–H and O–H groups in total. The Morgan fingerprint density at radius 1 is 1.16 bits per heavy atom. The maximum Gasteiger partial charge on any atom is 0.416 e. The Kier molecular flexibility index (Phi) is 6.63. The van der Waals surface area contributed by atoms with Crippen molar-refractivity contribution >= 4 is 5.91 Å². The molecule has 178 valence electrons. The molecular weight excluding hydrogens is 413 g/mol. The molecule has 3 aliphatic rings. The third-order valence-electron chi connectivity index (χ3n) is 8.47. The van der Waals surface area contributed by atoms with E-state index in [4.69, 9.17) is 0 Å². The van der Waals surface area contributed by atoms with Crippen LogP contribution in [0.5, 0.6) is 0 Å². The lowest BCUT2D eigenvalue weighted by Gasteiger charge is -2.40. The average Bonchev–Trinajstić information content (AvgIpc) is 3.19. The van der Waals surface area contributed by atoms with Gasteiger partial charge in [0.25, 0.3) is 0 Å². The Bertz CT molecular complexity index is 837. The number of carbonyl (C=O) groups is 1. The Hall–Kier alpha value is -1.56. The molecule has 0 radical (unpaired) electrons. The molecule has 1 amide bonds. The fourth-order valence-corrected chi connectivity index (χ4v) is 6.27. The van der Waals surface area contributed by atoms with Gasteiger partial charge in [-0.3, -0.25) is 4.79 Å². The van der Waals surface area contributed by atoms with Gasteiger partial charge in [-0.25, -0.2) is 0 Å². The maximum absolute atomic E-state index is 13.8. The van der Waals surface area contributed by atoms with Gasteiger partial charge in [0.1, 0.15) is 0 Å². The number of benzene rings is 1. The summed E-state index contributed by atoms with van der Waals surface area (Å²) in [6.45, 7) is 7.45. The van der Waals surface area contributed by atoms with Crippen LogP contribution < -0.4 is 5.32 Å². The average molecular weight is 451 g/mol. The Morgan fingerprint density at radius 3 is 2.59 bits per heavy atom. The molecule has 32 heavy (non-hydrogen) atoms. The second kappa shape index (κ2) is 9.00. The molecule has 2 saturated carbocycles. The van der Waals surface area contributed by atoms with E-state index in [1.807, 2.05) is 4.90 Å². The van der Waals surface area contributed by atoms with Gasteiger partial charge in [-0.15, -0.1) is 0 Å². The number of nitrogens with one attached hydrogen (secondary N) is 1. The van der Waals surface area contributed by atoms with Gasteiger partial charge in [0, 0.05) is 25.2 Å². The number of fused-ring (bicyclic) bond motifs is 1. The first-order valence-corrected chi connectivity index (χ1v) is 12.3. The number of carbonyl (C=O) groups excluding carboxylic acids is 1. The third-order valence-corrected chi connectivity index (χ3v) is 8.47. The number of rotatable bonds is 4. The number of halogens is 3. The monoisotopic (exact) mass is 450 g/mol. The van der Waals surface area contributed by atoms with Crippen molar-refractivity contribution in [1.82, 2.24) is 10.2 Å². The van der Waals surface area contributed by atoms with Crippen molar-refractivity contribution in [2.45, 2.75) is 96.9 Å². The van der Waals surface area contributed by atoms with Crippen LogP contribution in [0.2, 0.25) is 0 Å². The first-order chi connectivity index (χ1) is 15.1. The lowest BCUT2D eigenvalue weighted by molar-refractivity contribution is -0.145. The van der Waals surface area contributed by atoms with Crippen LogP contribution in [0.1, 0.15) is 82.4 Å². The minimum atomic E-state index is -4.36. The van der Waals surface area contributed by atoms with E-state index in [1.54, 1.807) is 6.07 Å². The molecule has 2 aliphatic carbocycles. The molecule has 2 unspecified atom stereocenters. The zero-order valence-corrected chi connectivity index (χ0v) is 19.6. The molecule has 4 rings (SSSR count). The molecule has 1 aromatic carbocycles. The molecule has 1 heterocycles. The topological polar surface area (TPSA) is 32.3 Å². The Morgan fingerprint density at radius 2 is 1.91 bits per heavy atom. The van der Waals surface area contributed by atoms with Crippen LogP contribution >= 0.6 is 0 Å². The summed E-state index contributed by atoms with van der Waals surface area (Å²) in [6, 6.07) is 4.86. The van der Waals surface area contributed by atoms with E-state index < -0.39 is 17.2 Å². The summed E-state index contributed by atoms with van der Waals surface area (Å²) in [5.74, 6) is 1.01. The molecule has 6 heteroatoms. The van der Waals surface area contributed by atoms with Gasteiger partial charge in [0.2, 0.25) is 5.91 Å². The van der Waals surface area contributed by atoms with Crippen molar-refractivity contribution in [2.24, 2.45) is 17.3 Å². The van der Waals surface area contributed by atoms with Crippen molar-refractivity contribution in [2.75, 3.05) is 6.54 Å². The smallest absolute Gasteiger partial charge is 0.338 e. The predicted molar refractivity (Wildman–Crippen MR) is 120 cm³/mol. The van der Waals surface area contributed by atoms with Gasteiger partial charge < -0.3 is 10.2 Å². The number of nitrogens with zero attached hydrogens (tertiary/aromatic N) is 1. The lowest BCUT2D eigenvalue weighted by atomic mass is 9.73. The van der Waals surface area contributed by atoms with E-state index >= 15 is 0 Å². The van der Waals surface area contributed by atoms with Crippen molar-refractivity contribution in [3.8, 4) is 0 Å². The van der Waals surface area contributed by atoms with Crippen LogP contribution in [0.4, 0.5) is 13.2 Å². The second-order valence-corrected chi connectivity index (χ2v) is 10.7. The first-order valence-electron chi connectivity index (χ1n) is 12.3. The van der Waals surface area contributed by atoms with Gasteiger partial charge in [-0.1, -0.05) is 39.7 Å². The molecule has 1 aromatic rings. The highest BCUT2D eigenvalue weighted by atomic mass is 19.4. The molecular formula is C26H37F3N2O. The number of alkyl halides is 3. The zero-order chi connectivity index (χ0) is 23.1. The second-order valence-electron chi connectivity index (χ2n) is 10.7. The van der Waals surface area contributed by atoms with E-state index in [0.29, 0.717) is 36.5 Å². The molecule has 2 fully saturated rings. The summed E-state index contributed by atoms with van der Waals surface area (Å²) in [5.41, 5.74) is 0.519. The number of hydrogen-bond acceptors (Lipinski definition) is 2. The van der Waals surface area contributed by atoms with Gasteiger partial charge in [0.05, 0.1) is 11.0 Å². The normalized spacial score (nSPS) is 31.1. The van der Waals surface area contributed by atoms with Crippen LogP contribution in [0.25, 0.3) is 0 Å². The van der Waals surface area contributed by atoms with Crippen molar-refractivity contribution < 1.29 is 18.0 Å². The number of hydrogen-bond donors (Lipinski definition) is 1. The summed E-state index contributed by atoms with van der Waals surface area (Å²) in [5, 5.41) is 3.88. The van der Waals surface area contributed by atoms with Crippen molar-refractivity contribution in [3.63, 3.8) is 0 Å². The predicted octanol–water partition coefficient (Wildman–Crippen LogP) is 5.95. The minimum absolute atomic E-state index is 0.136. The summed E-state index contributed by atoms with van der Waals surface area (Å²) in [6.07, 6.45) is 4.01. The zero-order valence-electron chi connectivity index (χ0n) is 19.6. The van der Waals surface area contributed by atoms with Crippen LogP contribution in [0.15, 0.2) is 18.2 Å². The van der Waals surface area contributed by atoms with Crippen LogP contribution in [0, 0.1) is 17.3 Å². The van der Waals surface area contributed by atoms with Crippen LogP contribution in [0.3, 0.4) is 0 Å². The van der Waals surface area contributed by atoms with Gasteiger partial charge in [0.15, 0.2) is 0 Å². The van der Waals surface area contributed by atoms with Gasteiger partial charge in [-0.05, 0) is 73.6 Å². The molecule has 0 spiro atoms. The highest BCUT2D eigenvalue weighted by molar-refractivity contribution is 5.84. The fourth-order valence-electron chi connectivity index (χ4n) is 6.27. The van der Waals surface area contributed by atoms with Gasteiger partial charge in [-0.2, -0.15) is 13.2 Å². The molecule has 4 atom stereocenters. The van der Waals surface area contributed by atoms with E-state index in [0.717, 1.165) is 30.9 Å². The largest absolute Gasteiger partial charge is 0.416 e. The molecule has 0 bridgehead atoms. The summed E-state index contributed by atoms with van der Waals surface area (Å²) in [7, 11) is 0. The first kappa shape index (κ1) is 23.6. The van der Waals surface area contributed by atoms with E-state index in [9.17, 15) is 18.0 Å². The highest BCUT2D eigenvalue weighted by Gasteiger charge is 2.50.